The Morgan fingerprint density at radius 3 is 2.43 bits per heavy atom. The Bertz CT molecular complexity index is 1880. The third kappa shape index (κ3) is 6.88. The van der Waals surface area contributed by atoms with Gasteiger partial charge in [0.25, 0.3) is 0 Å². The number of pyridine rings is 1. The summed E-state index contributed by atoms with van der Waals surface area (Å²) in [6.45, 7) is 6.52. The number of imidazole rings is 1. The van der Waals surface area contributed by atoms with Crippen LogP contribution < -0.4 is 22.1 Å². The summed E-state index contributed by atoms with van der Waals surface area (Å²) < 4.78 is 1.79. The third-order valence-corrected chi connectivity index (χ3v) is 11.5. The van der Waals surface area contributed by atoms with Gasteiger partial charge in [-0.3, -0.25) is 14.3 Å². The van der Waals surface area contributed by atoms with Crippen molar-refractivity contribution >= 4 is 51.2 Å². The van der Waals surface area contributed by atoms with E-state index in [-0.39, 0.29) is 23.7 Å². The maximum absolute atomic E-state index is 14.2. The van der Waals surface area contributed by atoms with Crippen LogP contribution >= 0.6 is 11.6 Å². The summed E-state index contributed by atoms with van der Waals surface area (Å²) in [5.41, 5.74) is 10.8. The molecule has 3 saturated heterocycles. The zero-order valence-corrected chi connectivity index (χ0v) is 29.0. The van der Waals surface area contributed by atoms with Crippen molar-refractivity contribution in [3.8, 4) is 0 Å². The maximum Gasteiger partial charge on any atom is 0.326 e. The number of amides is 3. The topological polar surface area (TPSA) is 141 Å². The van der Waals surface area contributed by atoms with Gasteiger partial charge in [-0.2, -0.15) is 0 Å². The number of hydrogen-bond donors (Lipinski definition) is 4. The number of nitrogens with one attached hydrogen (secondary N) is 3. The van der Waals surface area contributed by atoms with E-state index in [0.29, 0.717) is 62.1 Å². The summed E-state index contributed by atoms with van der Waals surface area (Å²) in [7, 11) is 0. The fourth-order valence-electron chi connectivity index (χ4n) is 8.36. The minimum Gasteiger partial charge on any atom is -0.397 e. The number of likely N-dealkylation sites (tertiary alicyclic amines) is 2. The molecule has 0 radical (unpaired) electrons. The first-order chi connectivity index (χ1) is 23.8. The average molecular weight is 687 g/mol. The lowest BCUT2D eigenvalue weighted by Gasteiger charge is -2.39. The molecule has 260 valence electrons. The zero-order valence-electron chi connectivity index (χ0n) is 28.2. The number of nitrogens with zero attached hydrogens (tertiary/aromatic N) is 4. The zero-order chi connectivity index (χ0) is 34.1. The number of carbonyl (C=O) groups excluding carboxylic acids is 2. The van der Waals surface area contributed by atoms with Gasteiger partial charge < -0.3 is 31.2 Å². The molecule has 0 aliphatic carbocycles. The largest absolute Gasteiger partial charge is 0.397 e. The number of carbonyl (C=O) groups is 2. The molecule has 2 aromatic heterocycles. The number of anilines is 1. The Morgan fingerprint density at radius 2 is 1.69 bits per heavy atom. The van der Waals surface area contributed by atoms with Crippen molar-refractivity contribution in [2.75, 3.05) is 45.0 Å². The molecule has 5 N–H and O–H groups in total. The van der Waals surface area contributed by atoms with Crippen LogP contribution in [0, 0.1) is 11.8 Å². The normalized spacial score (nSPS) is 19.1. The van der Waals surface area contributed by atoms with Crippen LogP contribution in [0.1, 0.15) is 62.6 Å². The summed E-state index contributed by atoms with van der Waals surface area (Å²) in [5, 5.41) is 7.95. The summed E-state index contributed by atoms with van der Waals surface area (Å²) in [4.78, 5) is 52.5. The van der Waals surface area contributed by atoms with Gasteiger partial charge in [-0.1, -0.05) is 42.8 Å². The quantitative estimate of drug-likeness (QED) is 0.205. The van der Waals surface area contributed by atoms with Gasteiger partial charge in [0.1, 0.15) is 6.04 Å². The lowest BCUT2D eigenvalue weighted by atomic mass is 9.79. The van der Waals surface area contributed by atoms with E-state index in [4.69, 9.17) is 17.3 Å². The van der Waals surface area contributed by atoms with E-state index in [9.17, 15) is 14.4 Å². The predicted molar refractivity (Wildman–Crippen MR) is 194 cm³/mol. The van der Waals surface area contributed by atoms with Crippen molar-refractivity contribution in [1.29, 1.82) is 0 Å². The number of benzene rings is 2. The van der Waals surface area contributed by atoms with Crippen LogP contribution in [-0.4, -0.2) is 81.6 Å². The molecule has 4 aromatic rings. The number of aromatic nitrogens is 3. The molecule has 12 heteroatoms. The Kier molecular flexibility index (Phi) is 9.82. The number of nitrogen functional groups attached to an aromatic ring is 1. The van der Waals surface area contributed by atoms with Crippen molar-refractivity contribution in [3.05, 3.63) is 69.2 Å². The predicted octanol–water partition coefficient (Wildman–Crippen LogP) is 4.87. The van der Waals surface area contributed by atoms with Crippen molar-refractivity contribution < 1.29 is 9.59 Å². The molecule has 7 rings (SSSR count). The van der Waals surface area contributed by atoms with Crippen LogP contribution in [0.15, 0.2) is 47.4 Å². The maximum atomic E-state index is 14.2. The van der Waals surface area contributed by atoms with Crippen molar-refractivity contribution in [3.63, 3.8) is 0 Å². The van der Waals surface area contributed by atoms with Gasteiger partial charge >= 0.3 is 11.7 Å². The van der Waals surface area contributed by atoms with Crippen LogP contribution in [0.25, 0.3) is 21.9 Å². The van der Waals surface area contributed by atoms with Gasteiger partial charge in [-0.05, 0) is 93.1 Å². The standard InChI is InChI=1S/C37H47ClN8O3/c1-2-24-19-23(20-29(38)33(24)39)21-31(35(47)44-15-9-26(10-16-44)25-7-13-40-14-8-25)42-36(48)45-17-11-27(12-18-45)46-32-22-41-30-6-4-3-5-28(30)34(32)43-37(46)49/h3-6,19-20,22,25-27,31,40H,2,7-18,21,39H2,1H3,(H,42,48)(H,43,49)/t31-/m1/s1. The molecule has 3 fully saturated rings. The smallest absolute Gasteiger partial charge is 0.326 e. The molecule has 3 amide bonds. The van der Waals surface area contributed by atoms with E-state index in [0.717, 1.165) is 71.3 Å². The molecule has 49 heavy (non-hydrogen) atoms. The molecular weight excluding hydrogens is 640 g/mol. The highest BCUT2D eigenvalue weighted by atomic mass is 35.5. The van der Waals surface area contributed by atoms with Crippen molar-refractivity contribution in [1.82, 2.24) is 35.0 Å². The van der Waals surface area contributed by atoms with Gasteiger partial charge in [-0.15, -0.1) is 0 Å². The number of rotatable bonds is 7. The molecule has 3 aliphatic rings. The van der Waals surface area contributed by atoms with E-state index in [1.807, 2.05) is 48.2 Å². The summed E-state index contributed by atoms with van der Waals surface area (Å²) in [6.07, 6.45) is 8.43. The van der Waals surface area contributed by atoms with Gasteiger partial charge in [0.2, 0.25) is 5.91 Å². The first kappa shape index (κ1) is 33.4. The van der Waals surface area contributed by atoms with Crippen LogP contribution in [-0.2, 0) is 17.6 Å². The highest BCUT2D eigenvalue weighted by Crippen LogP contribution is 2.32. The first-order valence-corrected chi connectivity index (χ1v) is 18.3. The summed E-state index contributed by atoms with van der Waals surface area (Å²) >= 11 is 6.51. The fourth-order valence-corrected chi connectivity index (χ4v) is 8.62. The summed E-state index contributed by atoms with van der Waals surface area (Å²) in [5.74, 6) is 1.31. The number of aromatic amines is 1. The number of piperidine rings is 3. The molecular formula is C37H47ClN8O3. The third-order valence-electron chi connectivity index (χ3n) is 11.2. The fraction of sp³-hybridized carbons (Fsp3) is 0.514. The highest BCUT2D eigenvalue weighted by Gasteiger charge is 2.34. The van der Waals surface area contributed by atoms with Gasteiger partial charge in [0.15, 0.2) is 0 Å². The highest BCUT2D eigenvalue weighted by molar-refractivity contribution is 6.33. The molecule has 0 unspecified atom stereocenters. The molecule has 5 heterocycles. The second kappa shape index (κ2) is 14.4. The van der Waals surface area contributed by atoms with Crippen molar-refractivity contribution in [2.45, 2.75) is 70.4 Å². The van der Waals surface area contributed by atoms with E-state index in [2.05, 4.69) is 20.6 Å². The number of nitrogens with two attached hydrogens (primary N) is 1. The number of urea groups is 1. The number of hydrogen-bond acceptors (Lipinski definition) is 6. The number of para-hydroxylation sites is 1. The van der Waals surface area contributed by atoms with Crippen LogP contribution in [0.5, 0.6) is 0 Å². The van der Waals surface area contributed by atoms with E-state index in [1.165, 1.54) is 12.8 Å². The monoisotopic (exact) mass is 686 g/mol. The average Bonchev–Trinajstić information content (AvgIpc) is 3.49. The number of H-pyrrole nitrogens is 1. The van der Waals surface area contributed by atoms with Gasteiger partial charge in [-0.25, -0.2) is 9.59 Å². The van der Waals surface area contributed by atoms with Crippen LogP contribution in [0.2, 0.25) is 5.02 Å². The lowest BCUT2D eigenvalue weighted by Crippen LogP contribution is -2.55. The Morgan fingerprint density at radius 1 is 1.00 bits per heavy atom. The molecule has 2 aromatic carbocycles. The SMILES string of the molecule is CCc1cc(C[C@@H](NC(=O)N2CCC(n3c(=O)[nH]c4c5ccccc5ncc43)CC2)C(=O)N2CCC(C3CCNCC3)CC2)cc(Cl)c1N. The van der Waals surface area contributed by atoms with Gasteiger partial charge in [0.05, 0.1) is 33.5 Å². The lowest BCUT2D eigenvalue weighted by molar-refractivity contribution is -0.135. The van der Waals surface area contributed by atoms with E-state index in [1.54, 1.807) is 15.7 Å². The Balaban J connectivity index is 1.05. The minimum absolute atomic E-state index is 0.0527. The Hall–Kier alpha value is -4.09. The van der Waals surface area contributed by atoms with E-state index < -0.39 is 6.04 Å². The molecule has 11 nitrogen and oxygen atoms in total. The summed E-state index contributed by atoms with van der Waals surface area (Å²) in [6, 6.07) is 10.5. The first-order valence-electron chi connectivity index (χ1n) is 17.9. The number of fused-ring (bicyclic) bond motifs is 3. The second-order valence-corrected chi connectivity index (χ2v) is 14.4. The van der Waals surface area contributed by atoms with Gasteiger partial charge in [0, 0.05) is 44.0 Å². The molecule has 0 bridgehead atoms. The molecule has 3 aliphatic heterocycles. The van der Waals surface area contributed by atoms with Crippen molar-refractivity contribution in [2.24, 2.45) is 11.8 Å². The Labute approximate surface area is 291 Å². The number of aryl methyl sites for hydroxylation is 1. The van der Waals surface area contributed by atoms with E-state index >= 15 is 0 Å². The second-order valence-electron chi connectivity index (χ2n) is 14.0. The molecule has 0 saturated carbocycles. The van der Waals surface area contributed by atoms with Crippen LogP contribution in [0.3, 0.4) is 0 Å². The molecule has 1 atom stereocenters. The molecule has 0 spiro atoms. The van der Waals surface area contributed by atoms with Crippen LogP contribution in [0.4, 0.5) is 10.5 Å². The minimum atomic E-state index is -0.736. The number of halogens is 1.